The minimum absolute atomic E-state index is 0.117. The van der Waals surface area contributed by atoms with E-state index < -0.39 is 18.0 Å². The zero-order valence-corrected chi connectivity index (χ0v) is 14.1. The molecule has 0 fully saturated rings. The quantitative estimate of drug-likeness (QED) is 0.624. The Bertz CT molecular complexity index is 845. The van der Waals surface area contributed by atoms with E-state index in [0.29, 0.717) is 11.1 Å². The monoisotopic (exact) mass is 346 g/mol. The molecule has 0 radical (unpaired) electrons. The van der Waals surface area contributed by atoms with Crippen molar-refractivity contribution in [2.24, 2.45) is 0 Å². The van der Waals surface area contributed by atoms with Crippen LogP contribution in [0, 0.1) is 0 Å². The molecule has 3 aromatic carbocycles. The molecule has 1 atom stereocenters. The topological polar surface area (TPSA) is 52.6 Å². The molecular formula is C22H18O4. The molecule has 0 aliphatic heterocycles. The first-order chi connectivity index (χ1) is 12.7. The first-order valence-electron chi connectivity index (χ1n) is 8.25. The number of esters is 2. The van der Waals surface area contributed by atoms with Gasteiger partial charge in [0.1, 0.15) is 6.61 Å². The molecule has 0 aromatic heterocycles. The van der Waals surface area contributed by atoms with Crippen molar-refractivity contribution < 1.29 is 19.1 Å². The summed E-state index contributed by atoms with van der Waals surface area (Å²) in [6.45, 7) is 0.117. The Balaban J connectivity index is 1.75. The van der Waals surface area contributed by atoms with Crippen LogP contribution in [0.5, 0.6) is 0 Å². The highest BCUT2D eigenvalue weighted by atomic mass is 16.6. The van der Waals surface area contributed by atoms with Crippen molar-refractivity contribution in [2.45, 2.75) is 12.7 Å². The van der Waals surface area contributed by atoms with Crippen LogP contribution in [0.3, 0.4) is 0 Å². The minimum atomic E-state index is -1.12. The van der Waals surface area contributed by atoms with Gasteiger partial charge in [0.05, 0.1) is 5.56 Å². The van der Waals surface area contributed by atoms with Crippen LogP contribution >= 0.6 is 0 Å². The molecule has 0 saturated heterocycles. The van der Waals surface area contributed by atoms with Crippen molar-refractivity contribution in [3.63, 3.8) is 0 Å². The lowest BCUT2D eigenvalue weighted by molar-refractivity contribution is -0.155. The maximum absolute atomic E-state index is 12.6. The summed E-state index contributed by atoms with van der Waals surface area (Å²) in [6.07, 6.45) is -1.12. The summed E-state index contributed by atoms with van der Waals surface area (Å²) in [5.74, 6) is -1.18. The van der Waals surface area contributed by atoms with Gasteiger partial charge in [0.15, 0.2) is 0 Å². The van der Waals surface area contributed by atoms with Crippen molar-refractivity contribution >= 4 is 11.9 Å². The molecule has 3 aromatic rings. The molecule has 0 bridgehead atoms. The summed E-state index contributed by atoms with van der Waals surface area (Å²) in [4.78, 5) is 25.0. The zero-order chi connectivity index (χ0) is 18.2. The molecule has 0 heterocycles. The molecule has 26 heavy (non-hydrogen) atoms. The SMILES string of the molecule is O=C(OC(C(=O)OCc1ccccc1)c1ccccc1)c1ccccc1. The van der Waals surface area contributed by atoms with E-state index in [1.54, 1.807) is 54.6 Å². The van der Waals surface area contributed by atoms with Gasteiger partial charge in [-0.3, -0.25) is 0 Å². The summed E-state index contributed by atoms with van der Waals surface area (Å²) >= 11 is 0. The maximum Gasteiger partial charge on any atom is 0.352 e. The van der Waals surface area contributed by atoms with Crippen molar-refractivity contribution in [3.8, 4) is 0 Å². The lowest BCUT2D eigenvalue weighted by Crippen LogP contribution is -2.22. The highest BCUT2D eigenvalue weighted by molar-refractivity contribution is 5.91. The first-order valence-corrected chi connectivity index (χ1v) is 8.25. The third-order valence-electron chi connectivity index (χ3n) is 3.77. The van der Waals surface area contributed by atoms with Crippen LogP contribution in [-0.4, -0.2) is 11.9 Å². The van der Waals surface area contributed by atoms with Gasteiger partial charge in [0.25, 0.3) is 0 Å². The van der Waals surface area contributed by atoms with Crippen LogP contribution in [0.4, 0.5) is 0 Å². The minimum Gasteiger partial charge on any atom is -0.458 e. The standard InChI is InChI=1S/C22H18O4/c23-21(19-14-8-3-9-15-19)26-20(18-12-6-2-7-13-18)22(24)25-16-17-10-4-1-5-11-17/h1-15,20H,16H2. The Labute approximate surface area is 152 Å². The Morgan fingerprint density at radius 1 is 0.731 bits per heavy atom. The third kappa shape index (κ3) is 4.57. The largest absolute Gasteiger partial charge is 0.458 e. The van der Waals surface area contributed by atoms with Crippen LogP contribution in [-0.2, 0) is 20.9 Å². The Hall–Kier alpha value is -3.40. The zero-order valence-electron chi connectivity index (χ0n) is 14.1. The van der Waals surface area contributed by atoms with Crippen LogP contribution in [0.25, 0.3) is 0 Å². The summed E-state index contributed by atoms with van der Waals surface area (Å²) < 4.78 is 10.8. The average molecular weight is 346 g/mol. The molecule has 3 rings (SSSR count). The first kappa shape index (κ1) is 17.4. The van der Waals surface area contributed by atoms with Gasteiger partial charge in [-0.25, -0.2) is 9.59 Å². The number of hydrogen-bond acceptors (Lipinski definition) is 4. The van der Waals surface area contributed by atoms with Crippen LogP contribution in [0.2, 0.25) is 0 Å². The fourth-order valence-corrected chi connectivity index (χ4v) is 2.43. The number of carbonyl (C=O) groups is 2. The van der Waals surface area contributed by atoms with Gasteiger partial charge in [0.2, 0.25) is 6.10 Å². The second-order valence-electron chi connectivity index (χ2n) is 5.66. The van der Waals surface area contributed by atoms with E-state index in [9.17, 15) is 9.59 Å². The molecule has 0 amide bonds. The van der Waals surface area contributed by atoms with Crippen LogP contribution < -0.4 is 0 Å². The molecule has 4 heteroatoms. The summed E-state index contributed by atoms with van der Waals surface area (Å²) in [5.41, 5.74) is 1.81. The fourth-order valence-electron chi connectivity index (χ4n) is 2.43. The van der Waals surface area contributed by atoms with Crippen molar-refractivity contribution in [3.05, 3.63) is 108 Å². The molecule has 0 spiro atoms. The van der Waals surface area contributed by atoms with Crippen molar-refractivity contribution in [2.75, 3.05) is 0 Å². The average Bonchev–Trinajstić information content (AvgIpc) is 2.72. The summed E-state index contributed by atoms with van der Waals surface area (Å²) in [7, 11) is 0. The molecule has 4 nitrogen and oxygen atoms in total. The van der Waals surface area contributed by atoms with Crippen LogP contribution in [0.1, 0.15) is 27.6 Å². The predicted molar refractivity (Wildman–Crippen MR) is 97.3 cm³/mol. The smallest absolute Gasteiger partial charge is 0.352 e. The van der Waals surface area contributed by atoms with E-state index in [1.807, 2.05) is 36.4 Å². The van der Waals surface area contributed by atoms with Gasteiger partial charge < -0.3 is 9.47 Å². The number of hydrogen-bond donors (Lipinski definition) is 0. The maximum atomic E-state index is 12.6. The van der Waals surface area contributed by atoms with Gasteiger partial charge in [0, 0.05) is 5.56 Å². The summed E-state index contributed by atoms with van der Waals surface area (Å²) in [6, 6.07) is 26.8. The second kappa shape index (κ2) is 8.62. The van der Waals surface area contributed by atoms with Crippen molar-refractivity contribution in [1.29, 1.82) is 0 Å². The molecular weight excluding hydrogens is 328 g/mol. The Morgan fingerprint density at radius 2 is 1.27 bits per heavy atom. The molecule has 0 aliphatic carbocycles. The van der Waals surface area contributed by atoms with Gasteiger partial charge in [-0.2, -0.15) is 0 Å². The molecule has 0 saturated carbocycles. The second-order valence-corrected chi connectivity index (χ2v) is 5.66. The van der Waals surface area contributed by atoms with Crippen molar-refractivity contribution in [1.82, 2.24) is 0 Å². The fraction of sp³-hybridized carbons (Fsp3) is 0.0909. The molecule has 0 aliphatic rings. The summed E-state index contributed by atoms with van der Waals surface area (Å²) in [5, 5.41) is 0. The van der Waals surface area contributed by atoms with Gasteiger partial charge in [-0.05, 0) is 17.7 Å². The van der Waals surface area contributed by atoms with E-state index in [1.165, 1.54) is 0 Å². The van der Waals surface area contributed by atoms with E-state index >= 15 is 0 Å². The number of carbonyl (C=O) groups excluding carboxylic acids is 2. The molecule has 130 valence electrons. The number of rotatable bonds is 6. The Kier molecular flexibility index (Phi) is 5.78. The lowest BCUT2D eigenvalue weighted by atomic mass is 10.1. The number of benzene rings is 3. The van der Waals surface area contributed by atoms with E-state index in [0.717, 1.165) is 5.56 Å². The highest BCUT2D eigenvalue weighted by Crippen LogP contribution is 2.21. The van der Waals surface area contributed by atoms with Crippen LogP contribution in [0.15, 0.2) is 91.0 Å². The van der Waals surface area contributed by atoms with Gasteiger partial charge in [-0.1, -0.05) is 78.9 Å². The van der Waals surface area contributed by atoms with E-state index in [4.69, 9.17) is 9.47 Å². The molecule has 1 unspecified atom stereocenters. The Morgan fingerprint density at radius 3 is 1.88 bits per heavy atom. The highest BCUT2D eigenvalue weighted by Gasteiger charge is 2.27. The van der Waals surface area contributed by atoms with Gasteiger partial charge in [-0.15, -0.1) is 0 Å². The third-order valence-corrected chi connectivity index (χ3v) is 3.77. The van der Waals surface area contributed by atoms with Gasteiger partial charge >= 0.3 is 11.9 Å². The molecule has 0 N–H and O–H groups in total. The lowest BCUT2D eigenvalue weighted by Gasteiger charge is -2.17. The van der Waals surface area contributed by atoms with E-state index in [2.05, 4.69) is 0 Å². The van der Waals surface area contributed by atoms with E-state index in [-0.39, 0.29) is 6.61 Å². The predicted octanol–water partition coefficient (Wildman–Crippen LogP) is 4.33. The normalized spacial score (nSPS) is 11.4. The number of ether oxygens (including phenoxy) is 2.